The number of nitrogens with two attached hydrogens (primary N) is 1. The number of carbonyl (C=O) groups excluding carboxylic acids is 1. The number of amides is 1. The fraction of sp³-hybridized carbons (Fsp3) is 0.265. The van der Waals surface area contributed by atoms with Crippen molar-refractivity contribution in [3.8, 4) is 6.07 Å². The van der Waals surface area contributed by atoms with E-state index in [0.29, 0.717) is 40.4 Å². The molecule has 224 valence electrons. The van der Waals surface area contributed by atoms with Crippen LogP contribution in [0.2, 0.25) is 5.02 Å². The summed E-state index contributed by atoms with van der Waals surface area (Å²) in [5.74, 6) is 0.00258. The lowest BCUT2D eigenvalue weighted by Crippen LogP contribution is -2.55. The molecule has 0 aliphatic carbocycles. The number of aryl methyl sites for hydroxylation is 1. The number of halogens is 1. The molecule has 0 saturated carbocycles. The van der Waals surface area contributed by atoms with Gasteiger partial charge in [0.2, 0.25) is 11.9 Å². The zero-order valence-corrected chi connectivity index (χ0v) is 25.9. The molecule has 4 aromatic rings. The Balaban J connectivity index is 1.56. The first kappa shape index (κ1) is 30.5. The SMILES string of the molecule is Cc1nc(/N=C(\N)Nc2ccc3c(c2)C(C)(c2ccc(Cl)cc2)CC(C)(C)N3C(=O)c2ccccc2)[nH]c(=O)c1CCC#N. The van der Waals surface area contributed by atoms with E-state index in [2.05, 4.69) is 41.0 Å². The third kappa shape index (κ3) is 5.94. The van der Waals surface area contributed by atoms with Gasteiger partial charge < -0.3 is 16.0 Å². The number of aromatic amines is 1. The minimum Gasteiger partial charge on any atom is -0.369 e. The minimum atomic E-state index is -0.529. The minimum absolute atomic E-state index is 0.0267. The number of fused-ring (bicyclic) bond motifs is 1. The topological polar surface area (TPSA) is 140 Å². The summed E-state index contributed by atoms with van der Waals surface area (Å²) in [5.41, 5.74) is 9.92. The number of hydrogen-bond donors (Lipinski definition) is 3. The van der Waals surface area contributed by atoms with Crippen molar-refractivity contribution in [1.82, 2.24) is 9.97 Å². The molecule has 9 nitrogen and oxygen atoms in total. The first-order valence-electron chi connectivity index (χ1n) is 14.3. The standard InChI is InChI=1S/C34H34ClN7O2/c1-21-26(11-8-18-36)29(43)40-32(38-21)41-31(37)39-25-16-17-28-27(19-25)34(4,23-12-14-24(35)15-13-23)20-33(2,3)42(28)30(44)22-9-6-5-7-10-22/h5-7,9-10,12-17,19H,8,11,20H2,1-4H3,(H4,37,38,39,40,41,43). The van der Waals surface area contributed by atoms with Gasteiger partial charge in [-0.3, -0.25) is 14.6 Å². The molecule has 44 heavy (non-hydrogen) atoms. The van der Waals surface area contributed by atoms with E-state index in [9.17, 15) is 9.59 Å². The van der Waals surface area contributed by atoms with Crippen LogP contribution in [-0.2, 0) is 11.8 Å². The van der Waals surface area contributed by atoms with Gasteiger partial charge in [-0.1, -0.05) is 48.9 Å². The first-order chi connectivity index (χ1) is 20.9. The highest BCUT2D eigenvalue weighted by molar-refractivity contribution is 6.30. The van der Waals surface area contributed by atoms with E-state index in [0.717, 1.165) is 16.8 Å². The van der Waals surface area contributed by atoms with Gasteiger partial charge in [0.25, 0.3) is 11.5 Å². The third-order valence-corrected chi connectivity index (χ3v) is 8.38. The third-order valence-electron chi connectivity index (χ3n) is 8.12. The molecule has 3 aromatic carbocycles. The Morgan fingerprint density at radius 3 is 2.50 bits per heavy atom. The van der Waals surface area contributed by atoms with Crippen LogP contribution in [0.25, 0.3) is 0 Å². The molecule has 1 aromatic heterocycles. The molecule has 1 aliphatic rings. The number of anilines is 2. The Morgan fingerprint density at radius 2 is 1.84 bits per heavy atom. The van der Waals surface area contributed by atoms with Crippen LogP contribution in [0.3, 0.4) is 0 Å². The van der Waals surface area contributed by atoms with Crippen LogP contribution in [0, 0.1) is 18.3 Å². The van der Waals surface area contributed by atoms with E-state index in [1.165, 1.54) is 0 Å². The Kier molecular flexibility index (Phi) is 8.31. The predicted octanol–water partition coefficient (Wildman–Crippen LogP) is 6.38. The molecule has 4 N–H and O–H groups in total. The molecule has 0 saturated heterocycles. The summed E-state index contributed by atoms with van der Waals surface area (Å²) in [6, 6.07) is 24.9. The number of nitriles is 1. The summed E-state index contributed by atoms with van der Waals surface area (Å²) < 4.78 is 0. The molecule has 0 fully saturated rings. The number of nitrogens with zero attached hydrogens (tertiary/aromatic N) is 4. The van der Waals surface area contributed by atoms with Gasteiger partial charge in [0.15, 0.2) is 0 Å². The lowest BCUT2D eigenvalue weighted by Gasteiger charge is -2.51. The second-order valence-electron chi connectivity index (χ2n) is 11.8. The number of aliphatic imine (C=N–C) groups is 1. The molecular weight excluding hydrogens is 574 g/mol. The lowest BCUT2D eigenvalue weighted by molar-refractivity contribution is 0.0948. The number of hydrogen-bond acceptors (Lipinski definition) is 5. The van der Waals surface area contributed by atoms with E-state index >= 15 is 0 Å². The van der Waals surface area contributed by atoms with Gasteiger partial charge >= 0.3 is 0 Å². The summed E-state index contributed by atoms with van der Waals surface area (Å²) in [4.78, 5) is 39.7. The monoisotopic (exact) mass is 607 g/mol. The quantitative estimate of drug-likeness (QED) is 0.172. The second kappa shape index (κ2) is 12.0. The van der Waals surface area contributed by atoms with Crippen molar-refractivity contribution in [2.45, 2.75) is 57.9 Å². The van der Waals surface area contributed by atoms with Gasteiger partial charge in [-0.15, -0.1) is 0 Å². The van der Waals surface area contributed by atoms with Gasteiger partial charge in [0, 0.05) is 44.9 Å². The van der Waals surface area contributed by atoms with Crippen molar-refractivity contribution >= 4 is 40.8 Å². The van der Waals surface area contributed by atoms with E-state index < -0.39 is 11.0 Å². The Morgan fingerprint density at radius 1 is 1.14 bits per heavy atom. The number of nitrogens with one attached hydrogen (secondary N) is 2. The molecule has 2 heterocycles. The summed E-state index contributed by atoms with van der Waals surface area (Å²) >= 11 is 6.25. The van der Waals surface area contributed by atoms with Crippen molar-refractivity contribution in [3.63, 3.8) is 0 Å². The summed E-state index contributed by atoms with van der Waals surface area (Å²) in [7, 11) is 0. The van der Waals surface area contributed by atoms with Gasteiger partial charge in [0.1, 0.15) is 0 Å². The molecule has 0 bridgehead atoms. The van der Waals surface area contributed by atoms with Crippen LogP contribution in [0.4, 0.5) is 17.3 Å². The van der Waals surface area contributed by atoms with Crippen LogP contribution in [0.15, 0.2) is 82.6 Å². The first-order valence-corrected chi connectivity index (χ1v) is 14.7. The number of benzene rings is 3. The summed E-state index contributed by atoms with van der Waals surface area (Å²) in [5, 5.41) is 12.6. The number of rotatable bonds is 6. The molecule has 0 spiro atoms. The predicted molar refractivity (Wildman–Crippen MR) is 175 cm³/mol. The molecule has 1 amide bonds. The molecule has 5 rings (SSSR count). The van der Waals surface area contributed by atoms with Gasteiger partial charge in [-0.25, -0.2) is 4.98 Å². The van der Waals surface area contributed by atoms with Gasteiger partial charge in [-0.2, -0.15) is 10.3 Å². The van der Waals surface area contributed by atoms with E-state index in [-0.39, 0.29) is 29.8 Å². The number of H-pyrrole nitrogens is 1. The molecule has 0 radical (unpaired) electrons. The highest BCUT2D eigenvalue weighted by Gasteiger charge is 2.48. The maximum atomic E-state index is 14.0. The average molecular weight is 608 g/mol. The van der Waals surface area contributed by atoms with Crippen molar-refractivity contribution < 1.29 is 4.79 Å². The zero-order chi connectivity index (χ0) is 31.6. The average Bonchev–Trinajstić information content (AvgIpc) is 2.97. The number of carbonyl (C=O) groups is 1. The van der Waals surface area contributed by atoms with Crippen molar-refractivity contribution in [2.75, 3.05) is 10.2 Å². The van der Waals surface area contributed by atoms with Crippen LogP contribution in [0.5, 0.6) is 0 Å². The Hall–Kier alpha value is -4.94. The molecule has 1 unspecified atom stereocenters. The number of aromatic nitrogens is 2. The lowest BCUT2D eigenvalue weighted by atomic mass is 9.65. The highest BCUT2D eigenvalue weighted by Crippen LogP contribution is 2.51. The van der Waals surface area contributed by atoms with Gasteiger partial charge in [0.05, 0.1) is 11.8 Å². The fourth-order valence-electron chi connectivity index (χ4n) is 6.20. The maximum absolute atomic E-state index is 14.0. The molecule has 10 heteroatoms. The second-order valence-corrected chi connectivity index (χ2v) is 12.2. The maximum Gasteiger partial charge on any atom is 0.258 e. The van der Waals surface area contributed by atoms with E-state index in [1.54, 1.807) is 6.92 Å². The molecule has 1 aliphatic heterocycles. The van der Waals surface area contributed by atoms with Crippen molar-refractivity contribution in [3.05, 3.63) is 116 Å². The smallest absolute Gasteiger partial charge is 0.258 e. The van der Waals surface area contributed by atoms with Crippen LogP contribution < -0.4 is 21.5 Å². The van der Waals surface area contributed by atoms with Gasteiger partial charge in [-0.05, 0) is 87.2 Å². The largest absolute Gasteiger partial charge is 0.369 e. The van der Waals surface area contributed by atoms with Crippen molar-refractivity contribution in [1.29, 1.82) is 5.26 Å². The fourth-order valence-corrected chi connectivity index (χ4v) is 6.33. The summed E-state index contributed by atoms with van der Waals surface area (Å²) in [6.07, 6.45) is 1.17. The zero-order valence-electron chi connectivity index (χ0n) is 25.1. The van der Waals surface area contributed by atoms with E-state index in [4.69, 9.17) is 22.6 Å². The molecular formula is C34H34ClN7O2. The molecule has 1 atom stereocenters. The van der Waals surface area contributed by atoms with E-state index in [1.807, 2.05) is 83.8 Å². The highest BCUT2D eigenvalue weighted by atomic mass is 35.5. The van der Waals surface area contributed by atoms with Crippen LogP contribution in [0.1, 0.15) is 66.4 Å². The Bertz CT molecular complexity index is 1840. The number of guanidine groups is 1. The normalized spacial score (nSPS) is 17.5. The summed E-state index contributed by atoms with van der Waals surface area (Å²) in [6.45, 7) is 8.05. The van der Waals surface area contributed by atoms with Crippen LogP contribution >= 0.6 is 11.6 Å². The van der Waals surface area contributed by atoms with Crippen molar-refractivity contribution in [2.24, 2.45) is 10.7 Å². The Labute approximate surface area is 261 Å². The van der Waals surface area contributed by atoms with Crippen LogP contribution in [-0.4, -0.2) is 27.4 Å².